The second kappa shape index (κ2) is 8.27. The second-order valence-electron chi connectivity index (χ2n) is 6.18. The largest absolute Gasteiger partial charge is 0.391 e. The van der Waals surface area contributed by atoms with E-state index in [1.807, 2.05) is 42.3 Å². The second-order valence-corrected chi connectivity index (χ2v) is 6.18. The molecule has 1 aromatic rings. The maximum Gasteiger partial charge on any atom is 0.225 e. The molecule has 1 aliphatic rings. The Labute approximate surface area is 132 Å². The summed E-state index contributed by atoms with van der Waals surface area (Å²) in [5.41, 5.74) is 1.18. The summed E-state index contributed by atoms with van der Waals surface area (Å²) in [6.45, 7) is 2.28. The molecular formula is C17H26N2O3. The minimum absolute atomic E-state index is 0.0700. The molecule has 0 spiro atoms. The van der Waals surface area contributed by atoms with Crippen molar-refractivity contribution in [1.29, 1.82) is 0 Å². The van der Waals surface area contributed by atoms with E-state index >= 15 is 0 Å². The molecule has 0 radical (unpaired) electrons. The molecule has 0 saturated carbocycles. The highest BCUT2D eigenvalue weighted by molar-refractivity contribution is 5.76. The Bertz CT molecular complexity index is 466. The Hall–Kier alpha value is -1.43. The number of carbonyl (C=O) groups excluding carboxylic acids is 1. The van der Waals surface area contributed by atoms with Crippen molar-refractivity contribution in [3.63, 3.8) is 0 Å². The Balaban J connectivity index is 1.74. The maximum absolute atomic E-state index is 12.1. The van der Waals surface area contributed by atoms with E-state index in [4.69, 9.17) is 0 Å². The zero-order valence-corrected chi connectivity index (χ0v) is 13.2. The zero-order chi connectivity index (χ0) is 15.9. The summed E-state index contributed by atoms with van der Waals surface area (Å²) in [6.07, 6.45) is 0.602. The number of likely N-dealkylation sites (N-methyl/N-ethyl adjacent to an activating group) is 1. The van der Waals surface area contributed by atoms with Gasteiger partial charge in [0.2, 0.25) is 5.91 Å². The molecule has 1 heterocycles. The van der Waals surface area contributed by atoms with Crippen molar-refractivity contribution in [2.75, 3.05) is 26.7 Å². The van der Waals surface area contributed by atoms with Gasteiger partial charge in [0, 0.05) is 26.2 Å². The third-order valence-corrected chi connectivity index (χ3v) is 3.98. The Kier molecular flexibility index (Phi) is 6.36. The molecule has 5 heteroatoms. The molecule has 122 valence electrons. The van der Waals surface area contributed by atoms with Crippen LogP contribution in [0.15, 0.2) is 30.3 Å². The lowest BCUT2D eigenvalue weighted by molar-refractivity contribution is -0.136. The van der Waals surface area contributed by atoms with Crippen molar-refractivity contribution in [2.24, 2.45) is 0 Å². The van der Waals surface area contributed by atoms with Crippen LogP contribution in [0.2, 0.25) is 0 Å². The fraction of sp³-hybridized carbons (Fsp3) is 0.588. The Morgan fingerprint density at radius 2 is 2.14 bits per heavy atom. The average Bonchev–Trinajstić information content (AvgIpc) is 2.47. The van der Waals surface area contributed by atoms with Gasteiger partial charge in [0.05, 0.1) is 18.6 Å². The number of aliphatic hydroxyl groups excluding tert-OH is 2. The maximum atomic E-state index is 12.1. The SMILES string of the molecule is CN(Cc1ccccc1)CC(O)CC(=O)N1CCCC(O)C1. The number of likely N-dealkylation sites (tertiary alicyclic amines) is 1. The molecule has 5 nitrogen and oxygen atoms in total. The summed E-state index contributed by atoms with van der Waals surface area (Å²) in [5.74, 6) is -0.0700. The molecule has 1 amide bonds. The molecule has 0 bridgehead atoms. The first-order chi connectivity index (χ1) is 10.5. The fourth-order valence-corrected chi connectivity index (χ4v) is 2.90. The van der Waals surface area contributed by atoms with Gasteiger partial charge < -0.3 is 15.1 Å². The van der Waals surface area contributed by atoms with Crippen LogP contribution in [-0.2, 0) is 11.3 Å². The summed E-state index contributed by atoms with van der Waals surface area (Å²) in [6, 6.07) is 10.0. The van der Waals surface area contributed by atoms with Crippen LogP contribution in [0, 0.1) is 0 Å². The summed E-state index contributed by atoms with van der Waals surface area (Å²) in [4.78, 5) is 15.8. The summed E-state index contributed by atoms with van der Waals surface area (Å²) >= 11 is 0. The van der Waals surface area contributed by atoms with Crippen LogP contribution >= 0.6 is 0 Å². The molecule has 0 aliphatic carbocycles. The first-order valence-electron chi connectivity index (χ1n) is 7.91. The van der Waals surface area contributed by atoms with Crippen LogP contribution in [0.1, 0.15) is 24.8 Å². The van der Waals surface area contributed by atoms with Crippen LogP contribution in [0.25, 0.3) is 0 Å². The molecule has 1 aromatic carbocycles. The highest BCUT2D eigenvalue weighted by Gasteiger charge is 2.24. The van der Waals surface area contributed by atoms with Gasteiger partial charge in [-0.15, -0.1) is 0 Å². The van der Waals surface area contributed by atoms with Crippen molar-refractivity contribution < 1.29 is 15.0 Å². The molecule has 2 atom stereocenters. The number of amides is 1. The van der Waals surface area contributed by atoms with Gasteiger partial charge >= 0.3 is 0 Å². The zero-order valence-electron chi connectivity index (χ0n) is 13.2. The molecule has 1 saturated heterocycles. The van der Waals surface area contributed by atoms with Gasteiger partial charge in [-0.3, -0.25) is 9.69 Å². The summed E-state index contributed by atoms with van der Waals surface area (Å²) in [7, 11) is 1.94. The number of hydrogen-bond acceptors (Lipinski definition) is 4. The van der Waals surface area contributed by atoms with Gasteiger partial charge in [-0.2, -0.15) is 0 Å². The fourth-order valence-electron chi connectivity index (χ4n) is 2.90. The number of aliphatic hydroxyl groups is 2. The first-order valence-corrected chi connectivity index (χ1v) is 7.91. The van der Waals surface area contributed by atoms with E-state index in [1.165, 1.54) is 5.56 Å². The van der Waals surface area contributed by atoms with E-state index in [1.54, 1.807) is 4.90 Å². The predicted octanol–water partition coefficient (Wildman–Crippen LogP) is 0.853. The molecule has 2 rings (SSSR count). The molecule has 22 heavy (non-hydrogen) atoms. The molecule has 2 unspecified atom stereocenters. The highest BCUT2D eigenvalue weighted by atomic mass is 16.3. The average molecular weight is 306 g/mol. The molecule has 2 N–H and O–H groups in total. The van der Waals surface area contributed by atoms with Crippen molar-refractivity contribution in [3.05, 3.63) is 35.9 Å². The number of β-amino-alcohol motifs (C(OH)–C–C–N with tert-alkyl or cyclic N) is 1. The van der Waals surface area contributed by atoms with E-state index in [2.05, 4.69) is 0 Å². The van der Waals surface area contributed by atoms with Crippen LogP contribution in [0.3, 0.4) is 0 Å². The summed E-state index contributed by atoms with van der Waals surface area (Å²) in [5, 5.41) is 19.7. The number of rotatable bonds is 6. The standard InChI is InChI=1S/C17H26N2O3/c1-18(11-14-6-3-2-4-7-14)12-16(21)10-17(22)19-9-5-8-15(20)13-19/h2-4,6-7,15-16,20-21H,5,8-13H2,1H3. The normalized spacial score (nSPS) is 20.2. The van der Waals surface area contributed by atoms with Gasteiger partial charge in [-0.1, -0.05) is 30.3 Å². The van der Waals surface area contributed by atoms with Crippen molar-refractivity contribution in [1.82, 2.24) is 9.80 Å². The van der Waals surface area contributed by atoms with E-state index < -0.39 is 12.2 Å². The van der Waals surface area contributed by atoms with Crippen LogP contribution < -0.4 is 0 Å². The highest BCUT2D eigenvalue weighted by Crippen LogP contribution is 2.12. The lowest BCUT2D eigenvalue weighted by Crippen LogP contribution is -2.44. The van der Waals surface area contributed by atoms with Crippen molar-refractivity contribution >= 4 is 5.91 Å². The molecule has 1 aliphatic heterocycles. The van der Waals surface area contributed by atoms with Gasteiger partial charge in [0.1, 0.15) is 0 Å². The number of nitrogens with zero attached hydrogens (tertiary/aromatic N) is 2. The number of piperidine rings is 1. The van der Waals surface area contributed by atoms with Crippen molar-refractivity contribution in [2.45, 2.75) is 38.0 Å². The third kappa shape index (κ3) is 5.40. The lowest BCUT2D eigenvalue weighted by Gasteiger charge is -2.31. The minimum atomic E-state index is -0.680. The van der Waals surface area contributed by atoms with Crippen LogP contribution in [0.5, 0.6) is 0 Å². The number of hydrogen-bond donors (Lipinski definition) is 2. The Morgan fingerprint density at radius 3 is 2.82 bits per heavy atom. The topological polar surface area (TPSA) is 64.0 Å². The van der Waals surface area contributed by atoms with E-state index in [-0.39, 0.29) is 12.3 Å². The van der Waals surface area contributed by atoms with Crippen LogP contribution in [-0.4, -0.2) is 64.8 Å². The Morgan fingerprint density at radius 1 is 1.41 bits per heavy atom. The quantitative estimate of drug-likeness (QED) is 0.818. The van der Waals surface area contributed by atoms with Gasteiger partial charge in [-0.05, 0) is 25.5 Å². The molecule has 1 fully saturated rings. The summed E-state index contributed by atoms with van der Waals surface area (Å²) < 4.78 is 0. The van der Waals surface area contributed by atoms with E-state index in [0.29, 0.717) is 19.6 Å². The number of carbonyl (C=O) groups is 1. The smallest absolute Gasteiger partial charge is 0.225 e. The lowest BCUT2D eigenvalue weighted by atomic mass is 10.1. The third-order valence-electron chi connectivity index (χ3n) is 3.98. The van der Waals surface area contributed by atoms with Gasteiger partial charge in [-0.25, -0.2) is 0 Å². The van der Waals surface area contributed by atoms with Gasteiger partial charge in [0.15, 0.2) is 0 Å². The van der Waals surface area contributed by atoms with Crippen molar-refractivity contribution in [3.8, 4) is 0 Å². The minimum Gasteiger partial charge on any atom is -0.391 e. The molecular weight excluding hydrogens is 280 g/mol. The van der Waals surface area contributed by atoms with Crippen LogP contribution in [0.4, 0.5) is 0 Å². The van der Waals surface area contributed by atoms with E-state index in [9.17, 15) is 15.0 Å². The first kappa shape index (κ1) is 16.9. The van der Waals surface area contributed by atoms with E-state index in [0.717, 1.165) is 19.4 Å². The predicted molar refractivity (Wildman–Crippen MR) is 85.2 cm³/mol. The van der Waals surface area contributed by atoms with Gasteiger partial charge in [0.25, 0.3) is 0 Å². The number of benzene rings is 1. The monoisotopic (exact) mass is 306 g/mol. The molecule has 0 aromatic heterocycles.